The number of fused-ring (bicyclic) bond motifs is 1. The summed E-state index contributed by atoms with van der Waals surface area (Å²) >= 11 is 6.15. The molecule has 0 radical (unpaired) electrons. The number of likely N-dealkylation sites (N-methyl/N-ethyl adjacent to an activating group) is 1. The average Bonchev–Trinajstić information content (AvgIpc) is 3.05. The van der Waals surface area contributed by atoms with E-state index in [4.69, 9.17) is 11.6 Å². The van der Waals surface area contributed by atoms with Crippen LogP contribution in [0.3, 0.4) is 0 Å². The van der Waals surface area contributed by atoms with Gasteiger partial charge in [0.25, 0.3) is 0 Å². The molecule has 0 unspecified atom stereocenters. The summed E-state index contributed by atoms with van der Waals surface area (Å²) in [6, 6.07) is 15.6. The number of hydrogen-bond donors (Lipinski definition) is 1. The lowest BCUT2D eigenvalue weighted by Gasteiger charge is -2.47. The van der Waals surface area contributed by atoms with Crippen molar-refractivity contribution in [3.8, 4) is 0 Å². The summed E-state index contributed by atoms with van der Waals surface area (Å²) < 4.78 is 0. The van der Waals surface area contributed by atoms with Gasteiger partial charge >= 0.3 is 0 Å². The average molecular weight is 651 g/mol. The molecule has 2 aromatic carbocycles. The maximum absolute atomic E-state index is 14.1. The number of halogens is 1. The quantitative estimate of drug-likeness (QED) is 0.419. The molecule has 2 fully saturated rings. The topological polar surface area (TPSA) is 79.4 Å². The Hall–Kier alpha value is -2.98. The molecular weight excluding hydrogens is 600 g/mol. The van der Waals surface area contributed by atoms with Crippen molar-refractivity contribution in [3.05, 3.63) is 70.2 Å². The van der Waals surface area contributed by atoms with Crippen molar-refractivity contribution in [2.45, 2.75) is 71.0 Å². The van der Waals surface area contributed by atoms with Gasteiger partial charge in [-0.3, -0.25) is 19.3 Å². The Bertz CT molecular complexity index is 1340. The Labute approximate surface area is 279 Å². The van der Waals surface area contributed by atoms with Crippen LogP contribution in [0.1, 0.15) is 62.8 Å². The molecule has 0 spiro atoms. The monoisotopic (exact) mass is 650 g/mol. The van der Waals surface area contributed by atoms with Crippen molar-refractivity contribution >= 4 is 29.3 Å². The highest BCUT2D eigenvalue weighted by atomic mass is 35.5. The molecule has 3 amide bonds. The van der Waals surface area contributed by atoms with E-state index >= 15 is 0 Å². The van der Waals surface area contributed by atoms with Crippen molar-refractivity contribution in [1.82, 2.24) is 30.0 Å². The van der Waals surface area contributed by atoms with Gasteiger partial charge in [-0.05, 0) is 61.1 Å². The Morgan fingerprint density at radius 3 is 2.24 bits per heavy atom. The summed E-state index contributed by atoms with van der Waals surface area (Å²) in [5.41, 5.74) is 3.45. The van der Waals surface area contributed by atoms with E-state index < -0.39 is 6.04 Å². The predicted molar refractivity (Wildman–Crippen MR) is 182 cm³/mol. The van der Waals surface area contributed by atoms with Gasteiger partial charge in [0, 0.05) is 89.2 Å². The Balaban J connectivity index is 1.25. The number of benzene rings is 2. The van der Waals surface area contributed by atoms with Crippen LogP contribution < -0.4 is 5.32 Å². The molecule has 0 bridgehead atoms. The van der Waals surface area contributed by atoms with E-state index in [1.54, 1.807) is 6.92 Å². The first-order valence-electron chi connectivity index (χ1n) is 17.0. The molecule has 0 saturated carbocycles. The summed E-state index contributed by atoms with van der Waals surface area (Å²) in [6.07, 6.45) is 3.61. The van der Waals surface area contributed by atoms with Crippen molar-refractivity contribution in [3.63, 3.8) is 0 Å². The molecule has 3 heterocycles. The lowest BCUT2D eigenvalue weighted by Crippen LogP contribution is -2.61. The molecule has 0 aliphatic carbocycles. The lowest BCUT2D eigenvalue weighted by atomic mass is 9.91. The van der Waals surface area contributed by atoms with Gasteiger partial charge in [0.05, 0.1) is 0 Å². The molecule has 46 heavy (non-hydrogen) atoms. The van der Waals surface area contributed by atoms with Crippen LogP contribution >= 0.6 is 11.6 Å². The van der Waals surface area contributed by atoms with E-state index in [1.165, 1.54) is 11.1 Å². The van der Waals surface area contributed by atoms with Crippen molar-refractivity contribution in [1.29, 1.82) is 0 Å². The number of carbonyl (C=O) groups is 3. The van der Waals surface area contributed by atoms with Crippen molar-refractivity contribution < 1.29 is 14.4 Å². The number of amides is 3. The van der Waals surface area contributed by atoms with Crippen LogP contribution in [0.25, 0.3) is 0 Å². The molecule has 250 valence electrons. The van der Waals surface area contributed by atoms with E-state index in [9.17, 15) is 14.4 Å². The molecule has 3 aliphatic heterocycles. The van der Waals surface area contributed by atoms with Crippen LogP contribution in [-0.2, 0) is 27.2 Å². The van der Waals surface area contributed by atoms with Crippen LogP contribution in [0.2, 0.25) is 5.02 Å². The van der Waals surface area contributed by atoms with E-state index in [1.807, 2.05) is 40.1 Å². The Kier molecular flexibility index (Phi) is 11.8. The molecule has 2 saturated heterocycles. The molecule has 10 heteroatoms. The molecule has 2 atom stereocenters. The van der Waals surface area contributed by atoms with E-state index in [-0.39, 0.29) is 23.8 Å². The fourth-order valence-electron chi connectivity index (χ4n) is 7.27. The van der Waals surface area contributed by atoms with Gasteiger partial charge in [0.1, 0.15) is 6.04 Å². The highest BCUT2D eigenvalue weighted by molar-refractivity contribution is 6.30. The number of nitrogens with zero attached hydrogens (tertiary/aromatic N) is 5. The molecular formula is C36H51ClN6O3. The highest BCUT2D eigenvalue weighted by Crippen LogP contribution is 2.31. The summed E-state index contributed by atoms with van der Waals surface area (Å²) in [5, 5.41) is 8.72. The number of likely N-dealkylation sites (tertiary alicyclic amines) is 1. The normalized spacial score (nSPS) is 20.5. The standard InChI is InChI=1S/C36H51ClN6O3/c1-26(2)25-43(31-14-17-40(18-15-31)27(3)44)42-21-19-41(20-22-42)36(46)33(23-28-9-11-30(37)12-10-28)38-35(45)24-34-32-8-6-5-7-29(32)13-16-39(34)4/h5-12,26,31,33-34H,13-25H2,1-4H3,(H,38,45)/t33-,34-/m1/s1. The minimum Gasteiger partial charge on any atom is -0.344 e. The first-order valence-corrected chi connectivity index (χ1v) is 17.3. The summed E-state index contributed by atoms with van der Waals surface area (Å²) in [5.74, 6) is 0.501. The lowest BCUT2D eigenvalue weighted by molar-refractivity contribution is -0.146. The minimum absolute atomic E-state index is 0.0194. The Morgan fingerprint density at radius 2 is 1.59 bits per heavy atom. The largest absolute Gasteiger partial charge is 0.344 e. The van der Waals surface area contributed by atoms with Crippen molar-refractivity contribution in [2.75, 3.05) is 59.4 Å². The molecule has 0 aromatic heterocycles. The first-order chi connectivity index (χ1) is 22.1. The van der Waals surface area contributed by atoms with Gasteiger partial charge in [0.2, 0.25) is 17.7 Å². The number of nitrogens with one attached hydrogen (secondary N) is 1. The molecule has 1 N–H and O–H groups in total. The number of piperidine rings is 1. The zero-order valence-corrected chi connectivity index (χ0v) is 28.7. The number of piperazine rings is 1. The van der Waals surface area contributed by atoms with Crippen molar-refractivity contribution in [2.24, 2.45) is 5.92 Å². The third kappa shape index (κ3) is 8.68. The third-order valence-corrected chi connectivity index (χ3v) is 10.1. The van der Waals surface area contributed by atoms with Crippen LogP contribution in [0.5, 0.6) is 0 Å². The number of hydrogen-bond acceptors (Lipinski definition) is 6. The fraction of sp³-hybridized carbons (Fsp3) is 0.583. The zero-order chi connectivity index (χ0) is 32.8. The second-order valence-electron chi connectivity index (χ2n) is 13.6. The fourth-order valence-corrected chi connectivity index (χ4v) is 7.40. The van der Waals surface area contributed by atoms with E-state index in [0.29, 0.717) is 42.9 Å². The minimum atomic E-state index is -0.660. The summed E-state index contributed by atoms with van der Waals surface area (Å²) in [4.78, 5) is 45.8. The SMILES string of the molecule is CC(=O)N1CCC(N(CC(C)C)N2CCN(C(=O)[C@@H](Cc3ccc(Cl)cc3)NC(=O)C[C@@H]3c4ccccc4CCN3C)CC2)CC1. The molecule has 5 rings (SSSR count). The van der Waals surface area contributed by atoms with Crippen LogP contribution in [-0.4, -0.2) is 114 Å². The second kappa shape index (κ2) is 15.7. The van der Waals surface area contributed by atoms with Gasteiger partial charge in [-0.1, -0.05) is 61.8 Å². The Morgan fingerprint density at radius 1 is 0.913 bits per heavy atom. The number of rotatable bonds is 10. The smallest absolute Gasteiger partial charge is 0.245 e. The van der Waals surface area contributed by atoms with Crippen LogP contribution in [0.4, 0.5) is 0 Å². The van der Waals surface area contributed by atoms with E-state index in [0.717, 1.165) is 64.1 Å². The number of hydrazine groups is 1. The maximum atomic E-state index is 14.1. The van der Waals surface area contributed by atoms with Gasteiger partial charge in [-0.15, -0.1) is 0 Å². The number of carbonyl (C=O) groups excluding carboxylic acids is 3. The molecule has 2 aromatic rings. The maximum Gasteiger partial charge on any atom is 0.245 e. The van der Waals surface area contributed by atoms with Gasteiger partial charge in [-0.25, -0.2) is 10.0 Å². The second-order valence-corrected chi connectivity index (χ2v) is 14.1. The van der Waals surface area contributed by atoms with E-state index in [2.05, 4.69) is 59.3 Å². The van der Waals surface area contributed by atoms with Gasteiger partial charge in [0.15, 0.2) is 0 Å². The van der Waals surface area contributed by atoms with Gasteiger partial charge < -0.3 is 15.1 Å². The summed E-state index contributed by atoms with van der Waals surface area (Å²) in [7, 11) is 2.07. The zero-order valence-electron chi connectivity index (χ0n) is 28.0. The molecule has 3 aliphatic rings. The third-order valence-electron chi connectivity index (χ3n) is 9.86. The van der Waals surface area contributed by atoms with Crippen LogP contribution in [0, 0.1) is 5.92 Å². The first kappa shape index (κ1) is 34.4. The molecule has 9 nitrogen and oxygen atoms in total. The summed E-state index contributed by atoms with van der Waals surface area (Å²) in [6.45, 7) is 12.3. The highest BCUT2D eigenvalue weighted by Gasteiger charge is 2.35. The predicted octanol–water partition coefficient (Wildman–Crippen LogP) is 4.01. The van der Waals surface area contributed by atoms with Gasteiger partial charge in [-0.2, -0.15) is 0 Å². The van der Waals surface area contributed by atoms with Crippen LogP contribution in [0.15, 0.2) is 48.5 Å².